The third-order valence-corrected chi connectivity index (χ3v) is 6.58. The molecule has 0 bridgehead atoms. The van der Waals surface area contributed by atoms with Gasteiger partial charge in [0.2, 0.25) is 0 Å². The molecule has 0 saturated carbocycles. The third kappa shape index (κ3) is 8.21. The fourth-order valence-electron chi connectivity index (χ4n) is 3.42. The normalized spacial score (nSPS) is 13.5. The van der Waals surface area contributed by atoms with Crippen molar-refractivity contribution in [3.63, 3.8) is 0 Å². The van der Waals surface area contributed by atoms with Crippen LogP contribution < -0.4 is 4.74 Å². The number of rotatable bonds is 12. The Kier molecular flexibility index (Phi) is 11.2. The number of carbonyl (C=O) groups is 1. The van der Waals surface area contributed by atoms with Gasteiger partial charge in [0, 0.05) is 17.2 Å². The molecule has 3 heteroatoms. The molecule has 0 saturated heterocycles. The van der Waals surface area contributed by atoms with Crippen LogP contribution in [0.5, 0.6) is 5.75 Å². The van der Waals surface area contributed by atoms with Crippen molar-refractivity contribution in [2.45, 2.75) is 99.3 Å². The highest BCUT2D eigenvalue weighted by atomic mass is 16.5. The molecule has 0 aliphatic carbocycles. The second kappa shape index (κ2) is 12.8. The number of esters is 1. The van der Waals surface area contributed by atoms with Gasteiger partial charge in [-0.3, -0.25) is 0 Å². The number of ether oxygens (including phenoxy) is 2. The molecule has 0 atom stereocenters. The molecular formula is C30H46O3. The van der Waals surface area contributed by atoms with Crippen LogP contribution >= 0.6 is 0 Å². The zero-order valence-corrected chi connectivity index (χ0v) is 22.7. The largest absolute Gasteiger partial charge is 0.493 e. The van der Waals surface area contributed by atoms with Crippen molar-refractivity contribution in [1.29, 1.82) is 0 Å². The molecule has 0 amide bonds. The van der Waals surface area contributed by atoms with Crippen molar-refractivity contribution < 1.29 is 14.3 Å². The molecule has 0 aromatic heterocycles. The van der Waals surface area contributed by atoms with E-state index in [0.29, 0.717) is 13.2 Å². The summed E-state index contributed by atoms with van der Waals surface area (Å²) < 4.78 is 11.4. The highest BCUT2D eigenvalue weighted by Gasteiger charge is 2.29. The molecule has 3 nitrogen and oxygen atoms in total. The van der Waals surface area contributed by atoms with Gasteiger partial charge in [0.05, 0.1) is 13.2 Å². The maximum absolute atomic E-state index is 11.7. The van der Waals surface area contributed by atoms with Crippen LogP contribution in [0, 0.1) is 0 Å². The minimum absolute atomic E-state index is 0.00669. The highest BCUT2D eigenvalue weighted by molar-refractivity contribution is 5.83. The Labute approximate surface area is 203 Å². The van der Waals surface area contributed by atoms with E-state index >= 15 is 0 Å². The molecule has 0 N–H and O–H groups in total. The molecule has 1 aromatic rings. The second-order valence-corrected chi connectivity index (χ2v) is 10.1. The summed E-state index contributed by atoms with van der Waals surface area (Å²) in [6.45, 7) is 22.8. The van der Waals surface area contributed by atoms with E-state index in [1.165, 1.54) is 17.2 Å². The second-order valence-electron chi connectivity index (χ2n) is 10.1. The van der Waals surface area contributed by atoms with E-state index in [0.717, 1.165) is 41.7 Å². The first-order chi connectivity index (χ1) is 15.4. The van der Waals surface area contributed by atoms with Gasteiger partial charge in [0.15, 0.2) is 0 Å². The minimum Gasteiger partial charge on any atom is -0.493 e. The van der Waals surface area contributed by atoms with Crippen LogP contribution in [0.3, 0.4) is 0 Å². The molecule has 1 aromatic carbocycles. The Morgan fingerprint density at radius 3 is 2.15 bits per heavy atom. The van der Waals surface area contributed by atoms with Gasteiger partial charge in [0.1, 0.15) is 5.75 Å². The van der Waals surface area contributed by atoms with Crippen LogP contribution in [-0.4, -0.2) is 19.2 Å². The monoisotopic (exact) mass is 454 g/mol. The highest BCUT2D eigenvalue weighted by Crippen LogP contribution is 2.43. The lowest BCUT2D eigenvalue weighted by atomic mass is 9.74. The average Bonchev–Trinajstić information content (AvgIpc) is 2.76. The van der Waals surface area contributed by atoms with E-state index in [-0.39, 0.29) is 16.8 Å². The zero-order chi connectivity index (χ0) is 25.2. The van der Waals surface area contributed by atoms with Gasteiger partial charge in [0.25, 0.3) is 0 Å². The number of carbonyl (C=O) groups excluding carboxylic acids is 1. The first kappa shape index (κ1) is 28.7. The van der Waals surface area contributed by atoms with Gasteiger partial charge in [-0.1, -0.05) is 72.8 Å². The van der Waals surface area contributed by atoms with Crippen molar-refractivity contribution in [2.24, 2.45) is 0 Å². The van der Waals surface area contributed by atoms with Crippen LogP contribution in [0.2, 0.25) is 0 Å². The van der Waals surface area contributed by atoms with Gasteiger partial charge in [-0.15, -0.1) is 0 Å². The Morgan fingerprint density at radius 1 is 0.970 bits per heavy atom. The van der Waals surface area contributed by atoms with E-state index in [9.17, 15) is 4.79 Å². The summed E-state index contributed by atoms with van der Waals surface area (Å²) in [5, 5.41) is 0. The van der Waals surface area contributed by atoms with Crippen molar-refractivity contribution in [2.75, 3.05) is 13.2 Å². The van der Waals surface area contributed by atoms with Gasteiger partial charge in [-0.2, -0.15) is 0 Å². The summed E-state index contributed by atoms with van der Waals surface area (Å²) in [4.78, 5) is 11.7. The van der Waals surface area contributed by atoms with Crippen LogP contribution in [0.4, 0.5) is 0 Å². The van der Waals surface area contributed by atoms with Crippen molar-refractivity contribution >= 4 is 11.5 Å². The predicted octanol–water partition coefficient (Wildman–Crippen LogP) is 8.32. The third-order valence-electron chi connectivity index (χ3n) is 6.58. The summed E-state index contributed by atoms with van der Waals surface area (Å²) in [6, 6.07) is 4.68. The fourth-order valence-corrected chi connectivity index (χ4v) is 3.42. The summed E-state index contributed by atoms with van der Waals surface area (Å²) >= 11 is 0. The minimum atomic E-state index is -0.309. The van der Waals surface area contributed by atoms with Gasteiger partial charge < -0.3 is 9.47 Å². The first-order valence-corrected chi connectivity index (χ1v) is 12.5. The Balaban J connectivity index is 3.62. The fraction of sp³-hybridized carbons (Fsp3) is 0.567. The van der Waals surface area contributed by atoms with Crippen LogP contribution in [0.1, 0.15) is 105 Å². The summed E-state index contributed by atoms with van der Waals surface area (Å²) in [5.41, 5.74) is 5.85. The molecule has 0 spiro atoms. The van der Waals surface area contributed by atoms with E-state index in [2.05, 4.69) is 73.6 Å². The van der Waals surface area contributed by atoms with Crippen LogP contribution in [0.15, 0.2) is 42.0 Å². The lowest BCUT2D eigenvalue weighted by Gasteiger charge is -2.32. The average molecular weight is 455 g/mol. The molecule has 0 radical (unpaired) electrons. The number of hydrogen-bond acceptors (Lipinski definition) is 3. The zero-order valence-electron chi connectivity index (χ0n) is 22.7. The van der Waals surface area contributed by atoms with E-state index in [1.54, 1.807) is 0 Å². The topological polar surface area (TPSA) is 35.5 Å². The van der Waals surface area contributed by atoms with E-state index in [1.807, 2.05) is 26.0 Å². The maximum Gasteiger partial charge on any atom is 0.330 e. The molecule has 33 heavy (non-hydrogen) atoms. The van der Waals surface area contributed by atoms with E-state index in [4.69, 9.17) is 9.47 Å². The molecular weight excluding hydrogens is 408 g/mol. The smallest absolute Gasteiger partial charge is 0.330 e. The quantitative estimate of drug-likeness (QED) is 0.181. The van der Waals surface area contributed by atoms with Gasteiger partial charge in [-0.25, -0.2) is 4.79 Å². The summed E-state index contributed by atoms with van der Waals surface area (Å²) in [7, 11) is 0. The SMILES string of the molecule is CCCOc1c(\C(C)=C/C=C/C(C)=C/C(=O)OCC)cc(C(C)(C)CC)cc1C(C)(C)CC. The summed E-state index contributed by atoms with van der Waals surface area (Å²) in [5.74, 6) is 0.692. The lowest BCUT2D eigenvalue weighted by Crippen LogP contribution is -2.22. The van der Waals surface area contributed by atoms with Gasteiger partial charge >= 0.3 is 5.97 Å². The molecule has 184 valence electrons. The Morgan fingerprint density at radius 2 is 1.61 bits per heavy atom. The van der Waals surface area contributed by atoms with Crippen molar-refractivity contribution in [3.8, 4) is 5.75 Å². The Bertz CT molecular complexity index is 882. The summed E-state index contributed by atoms with van der Waals surface area (Å²) in [6.07, 6.45) is 10.6. The van der Waals surface area contributed by atoms with Crippen LogP contribution in [0.25, 0.3) is 5.57 Å². The number of hydrogen-bond donors (Lipinski definition) is 0. The lowest BCUT2D eigenvalue weighted by molar-refractivity contribution is -0.137. The molecule has 0 heterocycles. The van der Waals surface area contributed by atoms with Crippen molar-refractivity contribution in [1.82, 2.24) is 0 Å². The maximum atomic E-state index is 11.7. The molecule has 0 unspecified atom stereocenters. The Hall–Kier alpha value is -2.29. The van der Waals surface area contributed by atoms with Crippen molar-refractivity contribution in [3.05, 3.63) is 58.7 Å². The van der Waals surface area contributed by atoms with E-state index < -0.39 is 0 Å². The molecule has 0 aliphatic rings. The number of allylic oxidation sites excluding steroid dienone is 5. The molecule has 1 rings (SSSR count). The first-order valence-electron chi connectivity index (χ1n) is 12.5. The number of benzene rings is 1. The molecule has 0 aliphatic heterocycles. The predicted molar refractivity (Wildman–Crippen MR) is 142 cm³/mol. The standard InChI is InChI=1S/C30H46O3/c1-11-18-33-28-25(23(6)17-15-16-22(5)19-27(31)32-14-4)20-24(29(7,8)12-2)21-26(28)30(9,10)13-3/h15-17,19-21H,11-14,18H2,1-10H3/b16-15+,22-19+,23-17-. The molecule has 0 fully saturated rings. The van der Waals surface area contributed by atoms with Crippen LogP contribution in [-0.2, 0) is 20.4 Å². The van der Waals surface area contributed by atoms with Gasteiger partial charge in [-0.05, 0) is 73.6 Å².